The Balaban J connectivity index is 2.35. The minimum Gasteiger partial charge on any atom is -0.303 e. The van der Waals surface area contributed by atoms with Crippen LogP contribution in [0.2, 0.25) is 0 Å². The van der Waals surface area contributed by atoms with E-state index in [-0.39, 0.29) is 18.0 Å². The predicted octanol–water partition coefficient (Wildman–Crippen LogP) is 2.95. The smallest absolute Gasteiger partial charge is 0.152 e. The van der Waals surface area contributed by atoms with Gasteiger partial charge in [-0.25, -0.2) is 4.39 Å². The summed E-state index contributed by atoms with van der Waals surface area (Å²) in [6.07, 6.45) is 2.39. The number of pyridine rings is 1. The molecule has 2 aromatic rings. The van der Waals surface area contributed by atoms with E-state index in [1.54, 1.807) is 49.5 Å². The molecule has 4 heteroatoms. The second-order valence-corrected chi connectivity index (χ2v) is 4.93. The number of hydrogen-bond donors (Lipinski definition) is 0. The first-order chi connectivity index (χ1) is 10.1. The Morgan fingerprint density at radius 2 is 1.95 bits per heavy atom. The van der Waals surface area contributed by atoms with Gasteiger partial charge in [0.05, 0.1) is 17.5 Å². The lowest BCUT2D eigenvalue weighted by Crippen LogP contribution is -2.24. The molecule has 108 valence electrons. The fourth-order valence-corrected chi connectivity index (χ4v) is 2.20. The first-order valence-electron chi connectivity index (χ1n) is 6.77. The molecular weight excluding hydrogens is 269 g/mol. The molecule has 0 fully saturated rings. The average Bonchev–Trinajstić information content (AvgIpc) is 2.53. The van der Waals surface area contributed by atoms with Gasteiger partial charge in [0.25, 0.3) is 0 Å². The molecule has 2 atom stereocenters. The zero-order valence-corrected chi connectivity index (χ0v) is 11.7. The number of aromatic nitrogens is 1. The number of aldehydes is 1. The molecule has 0 bridgehead atoms. The highest BCUT2D eigenvalue weighted by molar-refractivity contribution is 5.97. The van der Waals surface area contributed by atoms with Gasteiger partial charge in [0.1, 0.15) is 12.1 Å². The maximum Gasteiger partial charge on any atom is 0.152 e. The Morgan fingerprint density at radius 1 is 1.24 bits per heavy atom. The number of Topliss-reactive ketones (excluding diaryl/α,β-unsaturated/α-hetero) is 1. The Labute approximate surface area is 122 Å². The van der Waals surface area contributed by atoms with Crippen LogP contribution >= 0.6 is 0 Å². The molecule has 0 radical (unpaired) electrons. The van der Waals surface area contributed by atoms with Gasteiger partial charge in [-0.3, -0.25) is 9.78 Å². The molecule has 0 aliphatic carbocycles. The van der Waals surface area contributed by atoms with Crippen molar-refractivity contribution in [2.75, 3.05) is 0 Å². The quantitative estimate of drug-likeness (QED) is 0.605. The normalized spacial score (nSPS) is 13.4. The lowest BCUT2D eigenvalue weighted by atomic mass is 9.86. The van der Waals surface area contributed by atoms with Crippen LogP contribution in [0.25, 0.3) is 0 Å². The van der Waals surface area contributed by atoms with Crippen molar-refractivity contribution in [2.24, 2.45) is 5.92 Å². The van der Waals surface area contributed by atoms with E-state index in [2.05, 4.69) is 4.98 Å². The number of carbonyl (C=O) groups excluding carboxylic acids is 2. The van der Waals surface area contributed by atoms with E-state index in [0.29, 0.717) is 17.5 Å². The SMILES string of the molecule is CC(C=O)C(=O)C(Cc1ccccc1F)c1ccccn1. The van der Waals surface area contributed by atoms with E-state index in [1.807, 2.05) is 0 Å². The molecule has 0 aliphatic heterocycles. The highest BCUT2D eigenvalue weighted by atomic mass is 19.1. The Kier molecular flexibility index (Phi) is 4.93. The van der Waals surface area contributed by atoms with Crippen molar-refractivity contribution in [1.82, 2.24) is 4.98 Å². The molecule has 0 amide bonds. The van der Waals surface area contributed by atoms with Gasteiger partial charge in [-0.15, -0.1) is 0 Å². The molecule has 0 aliphatic rings. The number of benzene rings is 1. The topological polar surface area (TPSA) is 47.0 Å². The van der Waals surface area contributed by atoms with Gasteiger partial charge in [0.2, 0.25) is 0 Å². The van der Waals surface area contributed by atoms with Crippen LogP contribution in [-0.2, 0) is 16.0 Å². The summed E-state index contributed by atoms with van der Waals surface area (Å²) < 4.78 is 13.8. The van der Waals surface area contributed by atoms with E-state index < -0.39 is 11.8 Å². The molecular formula is C17H16FNO2. The summed E-state index contributed by atoms with van der Waals surface area (Å²) in [7, 11) is 0. The van der Waals surface area contributed by atoms with Crippen LogP contribution in [0, 0.1) is 11.7 Å². The van der Waals surface area contributed by atoms with Crippen LogP contribution in [0.3, 0.4) is 0 Å². The maximum absolute atomic E-state index is 13.8. The third-order valence-corrected chi connectivity index (χ3v) is 3.42. The summed E-state index contributed by atoms with van der Waals surface area (Å²) in [4.78, 5) is 27.5. The van der Waals surface area contributed by atoms with Gasteiger partial charge >= 0.3 is 0 Å². The zero-order chi connectivity index (χ0) is 15.2. The van der Waals surface area contributed by atoms with Gasteiger partial charge in [-0.05, 0) is 37.1 Å². The van der Waals surface area contributed by atoms with Crippen molar-refractivity contribution in [2.45, 2.75) is 19.3 Å². The summed E-state index contributed by atoms with van der Waals surface area (Å²) in [6.45, 7) is 1.55. The summed E-state index contributed by atoms with van der Waals surface area (Å²) in [5.41, 5.74) is 0.999. The van der Waals surface area contributed by atoms with Crippen molar-refractivity contribution in [3.63, 3.8) is 0 Å². The molecule has 21 heavy (non-hydrogen) atoms. The molecule has 3 nitrogen and oxygen atoms in total. The van der Waals surface area contributed by atoms with Crippen molar-refractivity contribution < 1.29 is 14.0 Å². The molecule has 2 rings (SSSR count). The molecule has 1 heterocycles. The average molecular weight is 285 g/mol. The molecule has 2 unspecified atom stereocenters. The third-order valence-electron chi connectivity index (χ3n) is 3.42. The van der Waals surface area contributed by atoms with E-state index in [9.17, 15) is 14.0 Å². The Bertz CT molecular complexity index is 628. The van der Waals surface area contributed by atoms with Gasteiger partial charge < -0.3 is 4.79 Å². The first kappa shape index (κ1) is 15.0. The van der Waals surface area contributed by atoms with Gasteiger partial charge in [-0.1, -0.05) is 24.3 Å². The van der Waals surface area contributed by atoms with Crippen LogP contribution in [0.1, 0.15) is 24.1 Å². The lowest BCUT2D eigenvalue weighted by molar-refractivity contribution is -0.127. The van der Waals surface area contributed by atoms with Crippen molar-refractivity contribution in [3.05, 3.63) is 65.7 Å². The highest BCUT2D eigenvalue weighted by Crippen LogP contribution is 2.24. The van der Waals surface area contributed by atoms with E-state index >= 15 is 0 Å². The molecule has 1 aromatic heterocycles. The number of nitrogens with zero attached hydrogens (tertiary/aromatic N) is 1. The lowest BCUT2D eigenvalue weighted by Gasteiger charge is -2.17. The number of ketones is 1. The Hall–Kier alpha value is -2.36. The van der Waals surface area contributed by atoms with Gasteiger partial charge in [0, 0.05) is 6.20 Å². The third kappa shape index (κ3) is 3.60. The van der Waals surface area contributed by atoms with Crippen molar-refractivity contribution >= 4 is 12.1 Å². The fraction of sp³-hybridized carbons (Fsp3) is 0.235. The van der Waals surface area contributed by atoms with E-state index in [1.165, 1.54) is 6.07 Å². The standard InChI is InChI=1S/C17H16FNO2/c1-12(11-20)17(21)14(16-8-4-5-9-19-16)10-13-6-2-3-7-15(13)18/h2-9,11-12,14H,10H2,1H3. The number of halogens is 1. The van der Waals surface area contributed by atoms with Crippen molar-refractivity contribution in [3.8, 4) is 0 Å². The largest absolute Gasteiger partial charge is 0.303 e. The van der Waals surface area contributed by atoms with Crippen LogP contribution in [0.15, 0.2) is 48.7 Å². The predicted molar refractivity (Wildman–Crippen MR) is 77.3 cm³/mol. The summed E-state index contributed by atoms with van der Waals surface area (Å²) in [5, 5.41) is 0. The molecule has 0 saturated heterocycles. The van der Waals surface area contributed by atoms with E-state index in [0.717, 1.165) is 0 Å². The first-order valence-corrected chi connectivity index (χ1v) is 6.77. The van der Waals surface area contributed by atoms with Crippen LogP contribution in [0.5, 0.6) is 0 Å². The summed E-state index contributed by atoms with van der Waals surface area (Å²) in [6, 6.07) is 11.6. The van der Waals surface area contributed by atoms with E-state index in [4.69, 9.17) is 0 Å². The summed E-state index contributed by atoms with van der Waals surface area (Å²) in [5.74, 6) is -1.95. The van der Waals surface area contributed by atoms with Gasteiger partial charge in [0.15, 0.2) is 5.78 Å². The molecule has 0 saturated carbocycles. The minimum atomic E-state index is -0.733. The van der Waals surface area contributed by atoms with Crippen LogP contribution < -0.4 is 0 Å². The minimum absolute atomic E-state index is 0.195. The molecule has 1 aromatic carbocycles. The van der Waals surface area contributed by atoms with Gasteiger partial charge in [-0.2, -0.15) is 0 Å². The Morgan fingerprint density at radius 3 is 2.57 bits per heavy atom. The second-order valence-electron chi connectivity index (χ2n) is 4.93. The number of hydrogen-bond acceptors (Lipinski definition) is 3. The highest BCUT2D eigenvalue weighted by Gasteiger charge is 2.27. The number of rotatable bonds is 6. The van der Waals surface area contributed by atoms with Crippen LogP contribution in [-0.4, -0.2) is 17.1 Å². The van der Waals surface area contributed by atoms with Crippen LogP contribution in [0.4, 0.5) is 4.39 Å². The second kappa shape index (κ2) is 6.88. The monoisotopic (exact) mass is 285 g/mol. The molecule has 0 spiro atoms. The molecule has 0 N–H and O–H groups in total. The maximum atomic E-state index is 13.8. The van der Waals surface area contributed by atoms with Crippen molar-refractivity contribution in [1.29, 1.82) is 0 Å². The fourth-order valence-electron chi connectivity index (χ4n) is 2.20. The zero-order valence-electron chi connectivity index (χ0n) is 11.7. The summed E-state index contributed by atoms with van der Waals surface area (Å²) >= 11 is 0. The number of carbonyl (C=O) groups is 2.